The summed E-state index contributed by atoms with van der Waals surface area (Å²) in [4.78, 5) is 4.73. The first kappa shape index (κ1) is 23.4. The average molecular weight is 369 g/mol. The van der Waals surface area contributed by atoms with Gasteiger partial charge in [-0.3, -0.25) is 4.99 Å². The second kappa shape index (κ2) is 14.4. The molecular formula is C25H40N2. The number of benzene rings is 1. The van der Waals surface area contributed by atoms with Gasteiger partial charge in [-0.25, -0.2) is 0 Å². The lowest BCUT2D eigenvalue weighted by Crippen LogP contribution is -2.08. The summed E-state index contributed by atoms with van der Waals surface area (Å²) in [6.45, 7) is 11.7. The van der Waals surface area contributed by atoms with Gasteiger partial charge < -0.3 is 5.32 Å². The molecule has 1 aromatic rings. The first-order chi connectivity index (χ1) is 13.2. The zero-order valence-electron chi connectivity index (χ0n) is 18.1. The summed E-state index contributed by atoms with van der Waals surface area (Å²) in [6, 6.07) is 6.60. The normalized spacial score (nSPS) is 13.3. The van der Waals surface area contributed by atoms with Crippen molar-refractivity contribution in [1.29, 1.82) is 0 Å². The number of aryl methyl sites for hydroxylation is 2. The van der Waals surface area contributed by atoms with E-state index in [0.717, 1.165) is 32.2 Å². The van der Waals surface area contributed by atoms with Crippen LogP contribution in [0.4, 0.5) is 0 Å². The standard InChI is InChI=1S/C25H40N2/c1-6-12-24(27-18-7-2)20-22(14-9-10-19-26-5)16-17-23-15-11-13-21(4)25(23)8-3/h8,11,13,15,18,20,22,26H,3,6-7,9-10,12,14,16-17,19H2,1-2,4-5H3/b24-20+,27-18-. The molecule has 0 saturated heterocycles. The molecule has 2 heteroatoms. The van der Waals surface area contributed by atoms with E-state index in [2.05, 4.69) is 63.2 Å². The molecule has 1 aromatic carbocycles. The minimum Gasteiger partial charge on any atom is -0.320 e. The van der Waals surface area contributed by atoms with Crippen molar-refractivity contribution in [2.45, 2.75) is 72.1 Å². The number of unbranched alkanes of at least 4 members (excludes halogenated alkanes) is 1. The van der Waals surface area contributed by atoms with Gasteiger partial charge in [0.15, 0.2) is 0 Å². The number of nitrogens with zero attached hydrogens (tertiary/aromatic N) is 1. The van der Waals surface area contributed by atoms with Crippen LogP contribution in [0.5, 0.6) is 0 Å². The Balaban J connectivity index is 2.88. The van der Waals surface area contributed by atoms with E-state index in [1.165, 1.54) is 48.1 Å². The third kappa shape index (κ3) is 9.19. The van der Waals surface area contributed by atoms with Gasteiger partial charge in [-0.1, -0.05) is 63.6 Å². The number of hydrogen-bond acceptors (Lipinski definition) is 2. The predicted octanol–water partition coefficient (Wildman–Crippen LogP) is 6.74. The number of allylic oxidation sites excluding steroid dienone is 2. The zero-order valence-corrected chi connectivity index (χ0v) is 18.1. The van der Waals surface area contributed by atoms with Gasteiger partial charge in [-0.2, -0.15) is 0 Å². The molecule has 0 radical (unpaired) electrons. The topological polar surface area (TPSA) is 24.4 Å². The molecule has 0 aliphatic carbocycles. The highest BCUT2D eigenvalue weighted by molar-refractivity contribution is 5.58. The Labute approximate surface area is 167 Å². The van der Waals surface area contributed by atoms with Crippen molar-refractivity contribution in [1.82, 2.24) is 5.32 Å². The van der Waals surface area contributed by atoms with Gasteiger partial charge in [0.05, 0.1) is 0 Å². The van der Waals surface area contributed by atoms with E-state index in [9.17, 15) is 0 Å². The van der Waals surface area contributed by atoms with Crippen LogP contribution in [-0.2, 0) is 6.42 Å². The molecule has 0 aliphatic rings. The van der Waals surface area contributed by atoms with E-state index >= 15 is 0 Å². The van der Waals surface area contributed by atoms with Crippen LogP contribution in [-0.4, -0.2) is 19.8 Å². The van der Waals surface area contributed by atoms with Crippen LogP contribution in [0.15, 0.2) is 41.5 Å². The first-order valence-electron chi connectivity index (χ1n) is 10.7. The Bertz CT molecular complexity index is 598. The van der Waals surface area contributed by atoms with Crippen LogP contribution in [0.25, 0.3) is 6.08 Å². The number of rotatable bonds is 14. The molecule has 1 atom stereocenters. The van der Waals surface area contributed by atoms with Crippen molar-refractivity contribution >= 4 is 12.3 Å². The van der Waals surface area contributed by atoms with Gasteiger partial charge >= 0.3 is 0 Å². The lowest BCUT2D eigenvalue weighted by atomic mass is 9.90. The Kier molecular flexibility index (Phi) is 12.5. The highest BCUT2D eigenvalue weighted by Crippen LogP contribution is 2.24. The van der Waals surface area contributed by atoms with Gasteiger partial charge in [0.2, 0.25) is 0 Å². The van der Waals surface area contributed by atoms with Crippen molar-refractivity contribution in [3.05, 3.63) is 53.2 Å². The van der Waals surface area contributed by atoms with Gasteiger partial charge in [-0.15, -0.1) is 0 Å². The first-order valence-corrected chi connectivity index (χ1v) is 10.7. The lowest BCUT2D eigenvalue weighted by molar-refractivity contribution is 0.501. The molecule has 0 spiro atoms. The maximum Gasteiger partial charge on any atom is 0.0362 e. The molecular weight excluding hydrogens is 328 g/mol. The molecule has 1 unspecified atom stereocenters. The third-order valence-electron chi connectivity index (χ3n) is 5.03. The monoisotopic (exact) mass is 368 g/mol. The Hall–Kier alpha value is -1.67. The van der Waals surface area contributed by atoms with Crippen LogP contribution in [0, 0.1) is 12.8 Å². The van der Waals surface area contributed by atoms with Crippen molar-refractivity contribution < 1.29 is 0 Å². The average Bonchev–Trinajstić information content (AvgIpc) is 2.67. The van der Waals surface area contributed by atoms with Crippen molar-refractivity contribution in [2.24, 2.45) is 10.9 Å². The summed E-state index contributed by atoms with van der Waals surface area (Å²) < 4.78 is 0. The minimum atomic E-state index is 0.593. The van der Waals surface area contributed by atoms with Crippen LogP contribution in [0.2, 0.25) is 0 Å². The van der Waals surface area contributed by atoms with Gasteiger partial charge in [0.1, 0.15) is 0 Å². The van der Waals surface area contributed by atoms with Crippen LogP contribution in [0.1, 0.15) is 75.5 Å². The SMILES string of the molecule is C=Cc1c(C)cccc1CCC(/C=C(CCC)/N=C\CC)CCCCNC. The summed E-state index contributed by atoms with van der Waals surface area (Å²) in [5.74, 6) is 0.593. The molecule has 150 valence electrons. The second-order valence-corrected chi connectivity index (χ2v) is 7.38. The number of hydrogen-bond donors (Lipinski definition) is 1. The molecule has 0 fully saturated rings. The minimum absolute atomic E-state index is 0.593. The lowest BCUT2D eigenvalue weighted by Gasteiger charge is -2.16. The molecule has 0 bridgehead atoms. The Morgan fingerprint density at radius 1 is 1.22 bits per heavy atom. The quantitative estimate of drug-likeness (QED) is 0.285. The molecule has 1 N–H and O–H groups in total. The molecule has 0 heterocycles. The number of nitrogens with one attached hydrogen (secondary N) is 1. The van der Waals surface area contributed by atoms with E-state index in [4.69, 9.17) is 4.99 Å². The Morgan fingerprint density at radius 2 is 2.04 bits per heavy atom. The predicted molar refractivity (Wildman–Crippen MR) is 123 cm³/mol. The van der Waals surface area contributed by atoms with Gasteiger partial charge in [-0.05, 0) is 81.6 Å². The van der Waals surface area contributed by atoms with Gasteiger partial charge in [0, 0.05) is 11.9 Å². The van der Waals surface area contributed by atoms with Gasteiger partial charge in [0.25, 0.3) is 0 Å². The number of aliphatic imine (C=N–C) groups is 1. The fraction of sp³-hybridized carbons (Fsp3) is 0.560. The molecule has 0 saturated carbocycles. The fourth-order valence-corrected chi connectivity index (χ4v) is 3.54. The zero-order chi connectivity index (χ0) is 19.9. The molecule has 0 aliphatic heterocycles. The highest BCUT2D eigenvalue weighted by Gasteiger charge is 2.10. The van der Waals surface area contributed by atoms with E-state index in [0.29, 0.717) is 5.92 Å². The van der Waals surface area contributed by atoms with E-state index in [1.54, 1.807) is 0 Å². The summed E-state index contributed by atoms with van der Waals surface area (Å²) in [5.41, 5.74) is 5.33. The Morgan fingerprint density at radius 3 is 2.70 bits per heavy atom. The van der Waals surface area contributed by atoms with Crippen LogP contribution >= 0.6 is 0 Å². The largest absolute Gasteiger partial charge is 0.320 e. The molecule has 0 aromatic heterocycles. The summed E-state index contributed by atoms with van der Waals surface area (Å²) >= 11 is 0. The third-order valence-corrected chi connectivity index (χ3v) is 5.03. The van der Waals surface area contributed by atoms with Crippen molar-refractivity contribution in [3.63, 3.8) is 0 Å². The summed E-state index contributed by atoms with van der Waals surface area (Å²) in [7, 11) is 2.03. The maximum atomic E-state index is 4.73. The highest BCUT2D eigenvalue weighted by atomic mass is 14.8. The van der Waals surface area contributed by atoms with Crippen molar-refractivity contribution in [3.8, 4) is 0 Å². The molecule has 0 amide bonds. The van der Waals surface area contributed by atoms with E-state index in [-0.39, 0.29) is 0 Å². The van der Waals surface area contributed by atoms with Crippen molar-refractivity contribution in [2.75, 3.05) is 13.6 Å². The van der Waals surface area contributed by atoms with E-state index < -0.39 is 0 Å². The van der Waals surface area contributed by atoms with E-state index in [1.807, 2.05) is 13.1 Å². The summed E-state index contributed by atoms with van der Waals surface area (Å²) in [6.07, 6.45) is 15.8. The summed E-state index contributed by atoms with van der Waals surface area (Å²) in [5, 5.41) is 3.26. The second-order valence-electron chi connectivity index (χ2n) is 7.38. The van der Waals surface area contributed by atoms with Crippen LogP contribution < -0.4 is 5.32 Å². The molecule has 2 nitrogen and oxygen atoms in total. The fourth-order valence-electron chi connectivity index (χ4n) is 3.54. The van der Waals surface area contributed by atoms with Crippen LogP contribution in [0.3, 0.4) is 0 Å². The maximum absolute atomic E-state index is 4.73. The smallest absolute Gasteiger partial charge is 0.0362 e. The molecule has 27 heavy (non-hydrogen) atoms. The molecule has 1 rings (SSSR count).